The molecule has 6 nitrogen and oxygen atoms in total. The van der Waals surface area contributed by atoms with Crippen LogP contribution >= 0.6 is 24.0 Å². The van der Waals surface area contributed by atoms with Gasteiger partial charge in [-0.15, -0.1) is 24.0 Å². The molecule has 2 rings (SSSR count). The number of nitrogens with zero attached hydrogens (tertiary/aromatic N) is 3. The van der Waals surface area contributed by atoms with E-state index in [1.807, 2.05) is 11.0 Å². The van der Waals surface area contributed by atoms with Gasteiger partial charge in [0.25, 0.3) is 0 Å². The van der Waals surface area contributed by atoms with Gasteiger partial charge in [0.1, 0.15) is 6.54 Å². The monoisotopic (exact) mass is 408 g/mol. The minimum Gasteiger partial charge on any atom is -0.378 e. The number of rotatable bonds is 5. The number of guanidine groups is 1. The number of ether oxygens (including phenoxy) is 1. The van der Waals surface area contributed by atoms with Gasteiger partial charge in [-0.3, -0.25) is 0 Å². The van der Waals surface area contributed by atoms with E-state index in [0.717, 1.165) is 37.4 Å². The number of nitrogens with two attached hydrogens (primary N) is 1. The Morgan fingerprint density at radius 2 is 2.05 bits per heavy atom. The molecule has 0 radical (unpaired) electrons. The standard InChI is InChI=1S/C14H24N4O2.HI/c1-3-11(4-2)13-9-12(20-17-13)10-16-14(15)18-5-7-19-8-6-18;/h9,11H,3-8,10H2,1-2H3,(H2,15,16);1H. The maximum atomic E-state index is 5.97. The summed E-state index contributed by atoms with van der Waals surface area (Å²) in [5.41, 5.74) is 6.99. The van der Waals surface area contributed by atoms with Gasteiger partial charge >= 0.3 is 0 Å². The lowest BCUT2D eigenvalue weighted by molar-refractivity contribution is 0.0674. The van der Waals surface area contributed by atoms with Crippen molar-refractivity contribution >= 4 is 29.9 Å². The summed E-state index contributed by atoms with van der Waals surface area (Å²) in [7, 11) is 0. The van der Waals surface area contributed by atoms with E-state index < -0.39 is 0 Å². The fourth-order valence-corrected chi connectivity index (χ4v) is 2.35. The molecule has 0 aromatic carbocycles. The predicted octanol–water partition coefficient (Wildman–Crippen LogP) is 2.34. The SMILES string of the molecule is CCC(CC)c1cc(CN=C(N)N2CCOCC2)on1.I. The molecular weight excluding hydrogens is 383 g/mol. The summed E-state index contributed by atoms with van der Waals surface area (Å²) in [5.74, 6) is 1.78. The highest BCUT2D eigenvalue weighted by atomic mass is 127. The first-order valence-corrected chi connectivity index (χ1v) is 7.32. The quantitative estimate of drug-likeness (QED) is 0.460. The normalized spacial score (nSPS) is 16.1. The third kappa shape index (κ3) is 5.14. The summed E-state index contributed by atoms with van der Waals surface area (Å²) < 4.78 is 10.6. The molecule has 1 aliphatic rings. The van der Waals surface area contributed by atoms with Crippen molar-refractivity contribution in [3.63, 3.8) is 0 Å². The summed E-state index contributed by atoms with van der Waals surface area (Å²) >= 11 is 0. The van der Waals surface area contributed by atoms with Crippen LogP contribution in [0, 0.1) is 0 Å². The van der Waals surface area contributed by atoms with Crippen LogP contribution in [0.15, 0.2) is 15.6 Å². The number of morpholine rings is 1. The third-order valence-electron chi connectivity index (χ3n) is 3.71. The van der Waals surface area contributed by atoms with Gasteiger partial charge in [0, 0.05) is 25.1 Å². The molecule has 0 unspecified atom stereocenters. The van der Waals surface area contributed by atoms with Crippen molar-refractivity contribution < 1.29 is 9.26 Å². The highest BCUT2D eigenvalue weighted by Gasteiger charge is 2.14. The van der Waals surface area contributed by atoms with Crippen molar-refractivity contribution in [1.29, 1.82) is 0 Å². The van der Waals surface area contributed by atoms with Crippen molar-refractivity contribution in [2.24, 2.45) is 10.7 Å². The van der Waals surface area contributed by atoms with E-state index in [9.17, 15) is 0 Å². The van der Waals surface area contributed by atoms with Crippen LogP contribution in [-0.4, -0.2) is 42.3 Å². The predicted molar refractivity (Wildman–Crippen MR) is 93.0 cm³/mol. The summed E-state index contributed by atoms with van der Waals surface area (Å²) in [6.45, 7) is 7.77. The van der Waals surface area contributed by atoms with Gasteiger partial charge < -0.3 is 19.9 Å². The first-order chi connectivity index (χ1) is 9.74. The molecule has 0 bridgehead atoms. The lowest BCUT2D eigenvalue weighted by Crippen LogP contribution is -2.44. The minimum atomic E-state index is 0. The Labute approximate surface area is 143 Å². The van der Waals surface area contributed by atoms with Crippen molar-refractivity contribution in [3.05, 3.63) is 17.5 Å². The van der Waals surface area contributed by atoms with E-state index in [1.165, 1.54) is 0 Å². The molecule has 120 valence electrons. The van der Waals surface area contributed by atoms with E-state index in [-0.39, 0.29) is 24.0 Å². The van der Waals surface area contributed by atoms with Crippen molar-refractivity contribution in [2.45, 2.75) is 39.2 Å². The Balaban J connectivity index is 0.00000220. The van der Waals surface area contributed by atoms with Crippen LogP contribution < -0.4 is 5.73 Å². The Hall–Kier alpha value is -0.830. The van der Waals surface area contributed by atoms with Crippen LogP contribution in [0.25, 0.3) is 0 Å². The smallest absolute Gasteiger partial charge is 0.191 e. The Kier molecular flexibility index (Phi) is 8.02. The van der Waals surface area contributed by atoms with Crippen LogP contribution in [0.1, 0.15) is 44.1 Å². The molecular formula is C14H25IN4O2. The molecule has 2 heterocycles. The molecule has 21 heavy (non-hydrogen) atoms. The highest BCUT2D eigenvalue weighted by Crippen LogP contribution is 2.22. The Morgan fingerprint density at radius 1 is 1.38 bits per heavy atom. The largest absolute Gasteiger partial charge is 0.378 e. The van der Waals surface area contributed by atoms with Gasteiger partial charge in [0.05, 0.1) is 18.9 Å². The van der Waals surface area contributed by atoms with Crippen molar-refractivity contribution in [3.8, 4) is 0 Å². The third-order valence-corrected chi connectivity index (χ3v) is 3.71. The van der Waals surface area contributed by atoms with Crippen molar-refractivity contribution in [1.82, 2.24) is 10.1 Å². The van der Waals surface area contributed by atoms with E-state index >= 15 is 0 Å². The summed E-state index contributed by atoms with van der Waals surface area (Å²) in [5, 5.41) is 4.13. The average molecular weight is 408 g/mol. The highest BCUT2D eigenvalue weighted by molar-refractivity contribution is 14.0. The van der Waals surface area contributed by atoms with Crippen LogP contribution in [0.4, 0.5) is 0 Å². The van der Waals surface area contributed by atoms with Gasteiger partial charge in [0.2, 0.25) is 0 Å². The number of aliphatic imine (C=N–C) groups is 1. The van der Waals surface area contributed by atoms with E-state index in [4.69, 9.17) is 15.0 Å². The summed E-state index contributed by atoms with van der Waals surface area (Å²) in [4.78, 5) is 6.40. The maximum Gasteiger partial charge on any atom is 0.191 e. The molecule has 1 aromatic rings. The van der Waals surface area contributed by atoms with E-state index in [2.05, 4.69) is 24.0 Å². The second kappa shape index (κ2) is 9.24. The molecule has 1 fully saturated rings. The molecule has 1 aromatic heterocycles. The molecule has 0 amide bonds. The molecule has 1 aliphatic heterocycles. The Morgan fingerprint density at radius 3 is 2.67 bits per heavy atom. The van der Waals surface area contributed by atoms with Crippen LogP contribution in [0.3, 0.4) is 0 Å². The number of hydrogen-bond donors (Lipinski definition) is 1. The molecule has 7 heteroatoms. The molecule has 0 saturated carbocycles. The van der Waals surface area contributed by atoms with Gasteiger partial charge in [0.15, 0.2) is 11.7 Å². The van der Waals surface area contributed by atoms with Crippen LogP contribution in [0.2, 0.25) is 0 Å². The van der Waals surface area contributed by atoms with Gasteiger partial charge in [-0.2, -0.15) is 0 Å². The minimum absolute atomic E-state index is 0. The maximum absolute atomic E-state index is 5.97. The fraction of sp³-hybridized carbons (Fsp3) is 0.714. The number of hydrogen-bond acceptors (Lipinski definition) is 4. The fourth-order valence-electron chi connectivity index (χ4n) is 2.35. The number of halogens is 1. The average Bonchev–Trinajstić information content (AvgIpc) is 2.96. The molecule has 0 atom stereocenters. The lowest BCUT2D eigenvalue weighted by atomic mass is 9.99. The molecule has 0 aliphatic carbocycles. The summed E-state index contributed by atoms with van der Waals surface area (Å²) in [6.07, 6.45) is 2.14. The second-order valence-corrected chi connectivity index (χ2v) is 5.01. The van der Waals surface area contributed by atoms with Gasteiger partial charge in [-0.05, 0) is 12.8 Å². The van der Waals surface area contributed by atoms with Gasteiger partial charge in [-0.1, -0.05) is 19.0 Å². The first kappa shape index (κ1) is 18.2. The van der Waals surface area contributed by atoms with Crippen LogP contribution in [0.5, 0.6) is 0 Å². The lowest BCUT2D eigenvalue weighted by Gasteiger charge is -2.27. The zero-order chi connectivity index (χ0) is 14.4. The van der Waals surface area contributed by atoms with E-state index in [1.54, 1.807) is 0 Å². The van der Waals surface area contributed by atoms with Crippen LogP contribution in [-0.2, 0) is 11.3 Å². The first-order valence-electron chi connectivity index (χ1n) is 7.32. The van der Waals surface area contributed by atoms with Gasteiger partial charge in [-0.25, -0.2) is 4.99 Å². The van der Waals surface area contributed by atoms with Crippen molar-refractivity contribution in [2.75, 3.05) is 26.3 Å². The van der Waals surface area contributed by atoms with E-state index in [0.29, 0.717) is 31.6 Å². The number of aromatic nitrogens is 1. The Bertz CT molecular complexity index is 440. The molecule has 0 spiro atoms. The molecule has 1 saturated heterocycles. The molecule has 2 N–H and O–H groups in total. The zero-order valence-corrected chi connectivity index (χ0v) is 15.1. The topological polar surface area (TPSA) is 76.9 Å². The zero-order valence-electron chi connectivity index (χ0n) is 12.7. The summed E-state index contributed by atoms with van der Waals surface area (Å²) in [6, 6.07) is 1.99. The second-order valence-electron chi connectivity index (χ2n) is 5.01.